The maximum absolute atomic E-state index is 11.9. The molecule has 0 spiro atoms. The highest BCUT2D eigenvalue weighted by atomic mass is 16.5. The zero-order valence-corrected chi connectivity index (χ0v) is 15.6. The zero-order chi connectivity index (χ0) is 19.3. The molecule has 4 aromatic rings. The summed E-state index contributed by atoms with van der Waals surface area (Å²) in [5, 5.41) is 0. The Morgan fingerprint density at radius 2 is 1.39 bits per heavy atom. The van der Waals surface area contributed by atoms with E-state index in [4.69, 9.17) is 9.15 Å². The van der Waals surface area contributed by atoms with E-state index >= 15 is 0 Å². The molecule has 0 aliphatic carbocycles. The molecule has 0 bridgehead atoms. The molecule has 28 heavy (non-hydrogen) atoms. The Labute approximate surface area is 164 Å². The first kappa shape index (κ1) is 17.8. The third kappa shape index (κ3) is 3.60. The summed E-state index contributed by atoms with van der Waals surface area (Å²) < 4.78 is 11.3. The predicted octanol–water partition coefficient (Wildman–Crippen LogP) is 6.46. The fourth-order valence-corrected chi connectivity index (χ4v) is 3.15. The maximum Gasteiger partial charge on any atom is 0.338 e. The fraction of sp³-hybridized carbons (Fsp3) is 0.0800. The van der Waals surface area contributed by atoms with Crippen LogP contribution >= 0.6 is 0 Å². The van der Waals surface area contributed by atoms with Crippen molar-refractivity contribution in [3.05, 3.63) is 96.6 Å². The quantitative estimate of drug-likeness (QED) is 0.380. The third-order valence-corrected chi connectivity index (χ3v) is 4.53. The highest BCUT2D eigenvalue weighted by molar-refractivity contribution is 5.91. The molecule has 0 N–H and O–H groups in total. The van der Waals surface area contributed by atoms with E-state index < -0.39 is 0 Å². The van der Waals surface area contributed by atoms with Gasteiger partial charge in [-0.3, -0.25) is 0 Å². The molecule has 0 amide bonds. The summed E-state index contributed by atoms with van der Waals surface area (Å²) in [6, 6.07) is 29.6. The van der Waals surface area contributed by atoms with Crippen molar-refractivity contribution in [1.29, 1.82) is 0 Å². The minimum atomic E-state index is -0.318. The highest BCUT2D eigenvalue weighted by Gasteiger charge is 2.16. The second-order valence-electron chi connectivity index (χ2n) is 6.38. The largest absolute Gasteiger partial charge is 0.462 e. The zero-order valence-electron chi connectivity index (χ0n) is 15.6. The van der Waals surface area contributed by atoms with Crippen LogP contribution in [0.25, 0.3) is 33.8 Å². The van der Waals surface area contributed by atoms with Gasteiger partial charge in [0.15, 0.2) is 0 Å². The van der Waals surface area contributed by atoms with Crippen LogP contribution < -0.4 is 0 Å². The van der Waals surface area contributed by atoms with Gasteiger partial charge in [-0.25, -0.2) is 4.79 Å². The number of hydrogen-bond donors (Lipinski definition) is 0. The molecule has 0 fully saturated rings. The van der Waals surface area contributed by atoms with Gasteiger partial charge in [0, 0.05) is 16.7 Å². The first-order valence-corrected chi connectivity index (χ1v) is 9.28. The van der Waals surface area contributed by atoms with E-state index in [2.05, 4.69) is 18.2 Å². The molecule has 1 aromatic heterocycles. The van der Waals surface area contributed by atoms with Crippen LogP contribution in [0.1, 0.15) is 17.3 Å². The van der Waals surface area contributed by atoms with Crippen LogP contribution in [0.2, 0.25) is 0 Å². The number of ether oxygens (including phenoxy) is 1. The van der Waals surface area contributed by atoms with E-state index in [1.54, 1.807) is 19.1 Å². The summed E-state index contributed by atoms with van der Waals surface area (Å²) in [6.45, 7) is 2.16. The van der Waals surface area contributed by atoms with Gasteiger partial charge in [0.2, 0.25) is 0 Å². The number of carbonyl (C=O) groups is 1. The monoisotopic (exact) mass is 368 g/mol. The summed E-state index contributed by atoms with van der Waals surface area (Å²) in [5.74, 6) is 1.27. The molecular formula is C25H20O3. The molecule has 0 radical (unpaired) electrons. The highest BCUT2D eigenvalue weighted by Crippen LogP contribution is 2.38. The lowest BCUT2D eigenvalue weighted by Crippen LogP contribution is -2.03. The van der Waals surface area contributed by atoms with Gasteiger partial charge in [0.1, 0.15) is 11.5 Å². The van der Waals surface area contributed by atoms with Gasteiger partial charge in [-0.05, 0) is 30.7 Å². The number of esters is 1. The number of hydrogen-bond acceptors (Lipinski definition) is 3. The lowest BCUT2D eigenvalue weighted by molar-refractivity contribution is 0.0526. The van der Waals surface area contributed by atoms with Gasteiger partial charge in [0.25, 0.3) is 0 Å². The van der Waals surface area contributed by atoms with Gasteiger partial charge in [-0.15, -0.1) is 0 Å². The maximum atomic E-state index is 11.9. The van der Waals surface area contributed by atoms with Crippen LogP contribution in [-0.2, 0) is 4.74 Å². The number of benzene rings is 3. The number of carbonyl (C=O) groups excluding carboxylic acids is 1. The van der Waals surface area contributed by atoms with E-state index in [9.17, 15) is 4.79 Å². The van der Waals surface area contributed by atoms with E-state index in [0.717, 1.165) is 33.8 Å². The Balaban J connectivity index is 1.79. The van der Waals surface area contributed by atoms with E-state index in [0.29, 0.717) is 12.2 Å². The smallest absolute Gasteiger partial charge is 0.338 e. The van der Waals surface area contributed by atoms with Gasteiger partial charge < -0.3 is 9.15 Å². The van der Waals surface area contributed by atoms with Crippen molar-refractivity contribution in [1.82, 2.24) is 0 Å². The summed E-state index contributed by atoms with van der Waals surface area (Å²) in [7, 11) is 0. The van der Waals surface area contributed by atoms with Crippen molar-refractivity contribution in [2.24, 2.45) is 0 Å². The van der Waals surface area contributed by atoms with Crippen LogP contribution in [0.3, 0.4) is 0 Å². The van der Waals surface area contributed by atoms with Crippen LogP contribution in [0.5, 0.6) is 0 Å². The molecule has 138 valence electrons. The van der Waals surface area contributed by atoms with Crippen LogP contribution in [0.15, 0.2) is 95.4 Å². The predicted molar refractivity (Wildman–Crippen MR) is 111 cm³/mol. The molecule has 3 nitrogen and oxygen atoms in total. The van der Waals surface area contributed by atoms with Crippen LogP contribution in [-0.4, -0.2) is 12.6 Å². The second-order valence-corrected chi connectivity index (χ2v) is 6.38. The summed E-state index contributed by atoms with van der Waals surface area (Å²) in [4.78, 5) is 11.9. The first-order valence-electron chi connectivity index (χ1n) is 9.28. The first-order chi connectivity index (χ1) is 13.8. The van der Waals surface area contributed by atoms with Crippen molar-refractivity contribution in [3.63, 3.8) is 0 Å². The van der Waals surface area contributed by atoms with Gasteiger partial charge in [-0.1, -0.05) is 72.8 Å². The van der Waals surface area contributed by atoms with Gasteiger partial charge in [-0.2, -0.15) is 0 Å². The fourth-order valence-electron chi connectivity index (χ4n) is 3.15. The number of furan rings is 1. The Morgan fingerprint density at radius 1 is 0.786 bits per heavy atom. The van der Waals surface area contributed by atoms with E-state index in [-0.39, 0.29) is 5.97 Å². The molecular weight excluding hydrogens is 348 g/mol. The van der Waals surface area contributed by atoms with Gasteiger partial charge >= 0.3 is 5.97 Å². The average molecular weight is 368 g/mol. The lowest BCUT2D eigenvalue weighted by Gasteiger charge is -2.05. The molecule has 0 atom stereocenters. The van der Waals surface area contributed by atoms with Crippen LogP contribution in [0, 0.1) is 0 Å². The van der Waals surface area contributed by atoms with E-state index in [1.165, 1.54) is 0 Å². The van der Waals surface area contributed by atoms with Crippen LogP contribution in [0.4, 0.5) is 0 Å². The molecule has 3 aromatic carbocycles. The second kappa shape index (κ2) is 7.97. The Kier molecular flexibility index (Phi) is 5.07. The molecule has 0 aliphatic heterocycles. The van der Waals surface area contributed by atoms with Crippen molar-refractivity contribution >= 4 is 5.97 Å². The molecule has 0 aliphatic rings. The molecule has 3 heteroatoms. The minimum Gasteiger partial charge on any atom is -0.462 e. The van der Waals surface area contributed by atoms with Crippen molar-refractivity contribution in [2.45, 2.75) is 6.92 Å². The molecule has 1 heterocycles. The Bertz CT molecular complexity index is 1060. The molecule has 0 saturated carbocycles. The van der Waals surface area contributed by atoms with Crippen molar-refractivity contribution in [2.75, 3.05) is 6.61 Å². The van der Waals surface area contributed by atoms with Gasteiger partial charge in [0.05, 0.1) is 12.2 Å². The molecule has 0 unspecified atom stereocenters. The topological polar surface area (TPSA) is 39.4 Å². The molecule has 0 saturated heterocycles. The molecule has 4 rings (SSSR count). The average Bonchev–Trinajstić information content (AvgIpc) is 3.21. The SMILES string of the molecule is CCOC(=O)c1ccc(-c2oc(-c3ccccc3)cc2-c2ccccc2)cc1. The number of rotatable bonds is 5. The lowest BCUT2D eigenvalue weighted by atomic mass is 10.0. The normalized spacial score (nSPS) is 10.6. The Morgan fingerprint density at radius 3 is 2.00 bits per heavy atom. The summed E-state index contributed by atoms with van der Waals surface area (Å²) in [6.07, 6.45) is 0. The summed E-state index contributed by atoms with van der Waals surface area (Å²) in [5.41, 5.74) is 4.56. The van der Waals surface area contributed by atoms with E-state index in [1.807, 2.05) is 60.7 Å². The summed E-state index contributed by atoms with van der Waals surface area (Å²) >= 11 is 0. The van der Waals surface area contributed by atoms with Crippen molar-refractivity contribution < 1.29 is 13.9 Å². The Hall–Kier alpha value is -3.59. The third-order valence-electron chi connectivity index (χ3n) is 4.53. The minimum absolute atomic E-state index is 0.318. The van der Waals surface area contributed by atoms with Crippen molar-refractivity contribution in [3.8, 4) is 33.8 Å². The standard InChI is InChI=1S/C25H20O3/c1-2-27-25(26)21-15-13-20(14-16-21)24-22(18-9-5-3-6-10-18)17-23(28-24)19-11-7-4-8-12-19/h3-17H,2H2,1H3.